The molecule has 0 fully saturated rings. The second-order valence-corrected chi connectivity index (χ2v) is 8.64. The first-order valence-electron chi connectivity index (χ1n) is 10.6. The number of amides is 1. The smallest absolute Gasteiger partial charge is 0.249 e. The van der Waals surface area contributed by atoms with Crippen molar-refractivity contribution in [1.82, 2.24) is 19.7 Å². The van der Waals surface area contributed by atoms with E-state index in [4.69, 9.17) is 5.10 Å². The molecule has 0 radical (unpaired) electrons. The van der Waals surface area contributed by atoms with Crippen LogP contribution in [-0.4, -0.2) is 31.4 Å². The zero-order valence-electron chi connectivity index (χ0n) is 18.0. The third-order valence-electron chi connectivity index (χ3n) is 5.42. The number of fused-ring (bicyclic) bond motifs is 1. The Balaban J connectivity index is 1.48. The molecule has 0 saturated carbocycles. The molecule has 8 heteroatoms. The number of pyridine rings is 1. The van der Waals surface area contributed by atoms with Crippen molar-refractivity contribution < 1.29 is 4.79 Å². The lowest BCUT2D eigenvalue weighted by Gasteiger charge is -2.29. The molecule has 1 N–H and O–H groups in total. The zero-order valence-corrected chi connectivity index (χ0v) is 18.8. The van der Waals surface area contributed by atoms with E-state index in [1.807, 2.05) is 73.7 Å². The van der Waals surface area contributed by atoms with Gasteiger partial charge in [0, 0.05) is 23.3 Å². The number of aliphatic imine (C=N–C) groups is 1. The number of carbonyl (C=O) groups is 1. The number of anilines is 1. The first-order valence-corrected chi connectivity index (χ1v) is 11.6. The van der Waals surface area contributed by atoms with E-state index < -0.39 is 12.0 Å². The van der Waals surface area contributed by atoms with Gasteiger partial charge in [-0.3, -0.25) is 9.78 Å². The third-order valence-corrected chi connectivity index (χ3v) is 6.33. The monoisotopic (exact) mass is 454 g/mol. The molecule has 3 heterocycles. The number of carbonyl (C=O) groups excluding carboxylic acids is 1. The van der Waals surface area contributed by atoms with E-state index in [0.717, 1.165) is 17.1 Å². The summed E-state index contributed by atoms with van der Waals surface area (Å²) in [6.45, 7) is 1.86. The van der Waals surface area contributed by atoms with Crippen LogP contribution in [0.25, 0.3) is 0 Å². The summed E-state index contributed by atoms with van der Waals surface area (Å²) in [6, 6.07) is 24.8. The average Bonchev–Trinajstić information content (AvgIpc) is 3.26. The largest absolute Gasteiger partial charge is 0.325 e. The minimum atomic E-state index is -0.568. The van der Waals surface area contributed by atoms with E-state index in [1.54, 1.807) is 22.6 Å². The van der Waals surface area contributed by atoms with Crippen molar-refractivity contribution in [3.8, 4) is 0 Å². The number of thioether (sulfide) groups is 1. The van der Waals surface area contributed by atoms with Gasteiger partial charge in [-0.2, -0.15) is 4.98 Å². The Morgan fingerprint density at radius 1 is 1.00 bits per heavy atom. The predicted octanol–water partition coefficient (Wildman–Crippen LogP) is 4.92. The Morgan fingerprint density at radius 3 is 2.45 bits per heavy atom. The Labute approximate surface area is 196 Å². The first-order chi connectivity index (χ1) is 16.2. The summed E-state index contributed by atoms with van der Waals surface area (Å²) < 4.78 is 1.73. The molecular formula is C25H22N6OS. The van der Waals surface area contributed by atoms with Crippen molar-refractivity contribution in [2.45, 2.75) is 23.9 Å². The maximum absolute atomic E-state index is 13.4. The maximum atomic E-state index is 13.4. The van der Waals surface area contributed by atoms with Crippen LogP contribution >= 0.6 is 11.8 Å². The third kappa shape index (κ3) is 4.56. The zero-order chi connectivity index (χ0) is 22.6. The van der Waals surface area contributed by atoms with Gasteiger partial charge in [0.15, 0.2) is 0 Å². The topological polar surface area (TPSA) is 85.1 Å². The summed E-state index contributed by atoms with van der Waals surface area (Å²) in [5, 5.41) is 8.37. The quantitative estimate of drug-likeness (QED) is 0.418. The number of para-hydroxylation sites is 1. The number of nitrogens with one attached hydrogen (secondary N) is 1. The minimum absolute atomic E-state index is 0.155. The average molecular weight is 455 g/mol. The van der Waals surface area contributed by atoms with Gasteiger partial charge < -0.3 is 5.32 Å². The van der Waals surface area contributed by atoms with Crippen LogP contribution in [0.15, 0.2) is 95.2 Å². The number of aromatic nitrogens is 4. The molecule has 0 aliphatic carbocycles. The highest BCUT2D eigenvalue weighted by atomic mass is 32.2. The molecule has 4 aromatic rings. The van der Waals surface area contributed by atoms with Crippen LogP contribution in [0.2, 0.25) is 0 Å². The molecule has 2 atom stereocenters. The molecule has 2 unspecified atom stereocenters. The van der Waals surface area contributed by atoms with E-state index in [-0.39, 0.29) is 5.91 Å². The van der Waals surface area contributed by atoms with Crippen LogP contribution in [0.1, 0.15) is 24.2 Å². The van der Waals surface area contributed by atoms with Crippen molar-refractivity contribution in [1.29, 1.82) is 0 Å². The molecule has 2 aromatic heterocycles. The summed E-state index contributed by atoms with van der Waals surface area (Å²) >= 11 is 1.54. The molecule has 5 rings (SSSR count). The van der Waals surface area contributed by atoms with Gasteiger partial charge in [-0.25, -0.2) is 9.67 Å². The Kier molecular flexibility index (Phi) is 5.99. The molecule has 1 aliphatic rings. The molecule has 0 bridgehead atoms. The molecule has 1 amide bonds. The van der Waals surface area contributed by atoms with E-state index in [2.05, 4.69) is 32.4 Å². The molecule has 2 aromatic carbocycles. The molecule has 0 spiro atoms. The van der Waals surface area contributed by atoms with Gasteiger partial charge in [-0.15, -0.1) is 5.10 Å². The van der Waals surface area contributed by atoms with Gasteiger partial charge in [0.2, 0.25) is 17.0 Å². The molecule has 164 valence electrons. The van der Waals surface area contributed by atoms with Gasteiger partial charge in [0.1, 0.15) is 12.0 Å². The first kappa shape index (κ1) is 21.1. The lowest BCUT2D eigenvalue weighted by molar-refractivity contribution is -0.118. The van der Waals surface area contributed by atoms with Gasteiger partial charge >= 0.3 is 0 Å². The molecular weight excluding hydrogens is 432 g/mol. The second-order valence-electron chi connectivity index (χ2n) is 7.70. The van der Waals surface area contributed by atoms with Gasteiger partial charge in [0.05, 0.1) is 5.69 Å². The summed E-state index contributed by atoms with van der Waals surface area (Å²) in [7, 11) is 0. The SMILES string of the molecule is CC1=Nc2nc(SCc3ccccc3)nn2C(c2ccccn2)C1C(=O)Nc1ccccc1. The van der Waals surface area contributed by atoms with Crippen LogP contribution in [0.4, 0.5) is 11.6 Å². The predicted molar refractivity (Wildman–Crippen MR) is 130 cm³/mol. The molecule has 33 heavy (non-hydrogen) atoms. The molecule has 7 nitrogen and oxygen atoms in total. The summed E-state index contributed by atoms with van der Waals surface area (Å²) in [6.07, 6.45) is 1.73. The number of hydrogen-bond acceptors (Lipinski definition) is 6. The summed E-state index contributed by atoms with van der Waals surface area (Å²) in [5.74, 6) is 0.514. The van der Waals surface area contributed by atoms with Crippen LogP contribution in [0, 0.1) is 5.92 Å². The Hall–Kier alpha value is -3.78. The lowest BCUT2D eigenvalue weighted by atomic mass is 9.90. The van der Waals surface area contributed by atoms with Crippen molar-refractivity contribution in [3.05, 3.63) is 96.3 Å². The van der Waals surface area contributed by atoms with Crippen LogP contribution in [0.5, 0.6) is 0 Å². The number of rotatable bonds is 6. The van der Waals surface area contributed by atoms with Crippen molar-refractivity contribution in [2.24, 2.45) is 10.9 Å². The van der Waals surface area contributed by atoms with Crippen LogP contribution in [0.3, 0.4) is 0 Å². The van der Waals surface area contributed by atoms with Gasteiger partial charge in [-0.1, -0.05) is 66.4 Å². The fourth-order valence-electron chi connectivity index (χ4n) is 3.86. The number of hydrogen-bond donors (Lipinski definition) is 1. The lowest BCUT2D eigenvalue weighted by Crippen LogP contribution is -2.39. The summed E-state index contributed by atoms with van der Waals surface area (Å²) in [4.78, 5) is 27.2. The number of nitrogens with zero attached hydrogens (tertiary/aromatic N) is 5. The van der Waals surface area contributed by atoms with Crippen molar-refractivity contribution in [3.63, 3.8) is 0 Å². The van der Waals surface area contributed by atoms with Crippen LogP contribution < -0.4 is 5.32 Å². The van der Waals surface area contributed by atoms with E-state index in [9.17, 15) is 4.79 Å². The molecule has 0 saturated heterocycles. The fourth-order valence-corrected chi connectivity index (χ4v) is 4.64. The highest BCUT2D eigenvalue weighted by Gasteiger charge is 2.40. The van der Waals surface area contributed by atoms with Crippen LogP contribution in [-0.2, 0) is 10.5 Å². The highest BCUT2D eigenvalue weighted by molar-refractivity contribution is 7.98. The maximum Gasteiger partial charge on any atom is 0.249 e. The second kappa shape index (κ2) is 9.38. The highest BCUT2D eigenvalue weighted by Crippen LogP contribution is 2.36. The fraction of sp³-hybridized carbons (Fsp3) is 0.160. The Morgan fingerprint density at radius 2 is 1.73 bits per heavy atom. The van der Waals surface area contributed by atoms with Gasteiger partial charge in [-0.05, 0) is 36.8 Å². The van der Waals surface area contributed by atoms with Crippen molar-refractivity contribution in [2.75, 3.05) is 5.32 Å². The van der Waals surface area contributed by atoms with E-state index in [0.29, 0.717) is 16.8 Å². The van der Waals surface area contributed by atoms with E-state index in [1.165, 1.54) is 5.56 Å². The normalized spacial score (nSPS) is 17.2. The molecule has 1 aliphatic heterocycles. The van der Waals surface area contributed by atoms with Gasteiger partial charge in [0.25, 0.3) is 0 Å². The van der Waals surface area contributed by atoms with Crippen molar-refractivity contribution >= 4 is 35.0 Å². The minimum Gasteiger partial charge on any atom is -0.325 e. The summed E-state index contributed by atoms with van der Waals surface area (Å²) in [5.41, 5.74) is 3.35. The Bertz CT molecular complexity index is 1270. The number of benzene rings is 2. The van der Waals surface area contributed by atoms with E-state index >= 15 is 0 Å². The standard InChI is InChI=1S/C25H22N6OS/c1-17-21(23(32)28-19-12-6-3-7-13-19)22(20-14-8-9-15-26-20)31-24(27-17)29-25(30-31)33-16-18-10-4-2-5-11-18/h2-15,21-22H,16H2,1H3,(H,28,32).